The standard InChI is InChI=1S/C15H16BrN3O/c1-3-17-13-9-11(7-8-18-13)15(20)19-12-6-4-5-10(2)14(12)16/h4-9H,3H2,1-2H3,(H,17,18)(H,19,20). The Labute approximate surface area is 126 Å². The summed E-state index contributed by atoms with van der Waals surface area (Å²) in [5.74, 6) is 0.543. The van der Waals surface area contributed by atoms with Gasteiger partial charge in [-0.1, -0.05) is 12.1 Å². The van der Waals surface area contributed by atoms with E-state index >= 15 is 0 Å². The Morgan fingerprint density at radius 2 is 2.15 bits per heavy atom. The highest BCUT2D eigenvalue weighted by atomic mass is 79.9. The molecule has 1 amide bonds. The third-order valence-electron chi connectivity index (χ3n) is 2.82. The van der Waals surface area contributed by atoms with Crippen molar-refractivity contribution in [2.24, 2.45) is 0 Å². The Bertz CT molecular complexity index is 628. The summed E-state index contributed by atoms with van der Waals surface area (Å²) in [4.78, 5) is 16.4. The normalized spacial score (nSPS) is 10.2. The van der Waals surface area contributed by atoms with E-state index in [2.05, 4.69) is 31.5 Å². The van der Waals surface area contributed by atoms with Crippen LogP contribution in [0, 0.1) is 6.92 Å². The largest absolute Gasteiger partial charge is 0.370 e. The number of hydrogen-bond donors (Lipinski definition) is 2. The smallest absolute Gasteiger partial charge is 0.255 e. The number of anilines is 2. The summed E-state index contributed by atoms with van der Waals surface area (Å²) in [6.07, 6.45) is 1.62. The highest BCUT2D eigenvalue weighted by molar-refractivity contribution is 9.10. The molecule has 1 aromatic heterocycles. The van der Waals surface area contributed by atoms with Gasteiger partial charge in [0.25, 0.3) is 5.91 Å². The number of nitrogens with zero attached hydrogens (tertiary/aromatic N) is 1. The van der Waals surface area contributed by atoms with Crippen molar-refractivity contribution in [1.29, 1.82) is 0 Å². The second kappa shape index (κ2) is 6.52. The predicted molar refractivity (Wildman–Crippen MR) is 85.2 cm³/mol. The van der Waals surface area contributed by atoms with Gasteiger partial charge in [0.05, 0.1) is 5.69 Å². The van der Waals surface area contributed by atoms with E-state index in [-0.39, 0.29) is 5.91 Å². The number of carbonyl (C=O) groups excluding carboxylic acids is 1. The van der Waals surface area contributed by atoms with Crippen LogP contribution in [0.1, 0.15) is 22.8 Å². The molecule has 0 atom stereocenters. The fraction of sp³-hybridized carbons (Fsp3) is 0.200. The van der Waals surface area contributed by atoms with Gasteiger partial charge in [-0.3, -0.25) is 4.79 Å². The molecule has 1 aromatic carbocycles. The van der Waals surface area contributed by atoms with Gasteiger partial charge in [0, 0.05) is 22.8 Å². The molecule has 0 unspecified atom stereocenters. The van der Waals surface area contributed by atoms with Crippen molar-refractivity contribution in [3.05, 3.63) is 52.1 Å². The molecule has 0 aliphatic rings. The molecule has 0 aliphatic heterocycles. The zero-order valence-electron chi connectivity index (χ0n) is 11.4. The number of halogens is 1. The van der Waals surface area contributed by atoms with Crippen LogP contribution in [-0.4, -0.2) is 17.4 Å². The zero-order valence-corrected chi connectivity index (χ0v) is 13.0. The van der Waals surface area contributed by atoms with Gasteiger partial charge in [-0.15, -0.1) is 0 Å². The number of aryl methyl sites for hydroxylation is 1. The Hall–Kier alpha value is -1.88. The SMILES string of the molecule is CCNc1cc(C(=O)Nc2cccc(C)c2Br)ccn1. The van der Waals surface area contributed by atoms with Gasteiger partial charge in [0.2, 0.25) is 0 Å². The molecule has 1 heterocycles. The van der Waals surface area contributed by atoms with Gasteiger partial charge in [-0.25, -0.2) is 4.98 Å². The van der Waals surface area contributed by atoms with E-state index in [1.54, 1.807) is 18.3 Å². The van der Waals surface area contributed by atoms with Gasteiger partial charge in [-0.05, 0) is 53.5 Å². The number of carbonyl (C=O) groups is 1. The Morgan fingerprint density at radius 1 is 1.35 bits per heavy atom. The fourth-order valence-corrected chi connectivity index (χ4v) is 2.15. The highest BCUT2D eigenvalue weighted by Crippen LogP contribution is 2.26. The van der Waals surface area contributed by atoms with Crippen molar-refractivity contribution in [2.75, 3.05) is 17.2 Å². The average Bonchev–Trinajstić information content (AvgIpc) is 2.44. The van der Waals surface area contributed by atoms with Gasteiger partial charge in [0.1, 0.15) is 5.82 Å². The van der Waals surface area contributed by atoms with Crippen LogP contribution in [0.25, 0.3) is 0 Å². The lowest BCUT2D eigenvalue weighted by atomic mass is 10.2. The quantitative estimate of drug-likeness (QED) is 0.893. The maximum absolute atomic E-state index is 12.2. The first-order valence-corrected chi connectivity index (χ1v) is 7.17. The average molecular weight is 334 g/mol. The Kier molecular flexibility index (Phi) is 4.74. The molecule has 0 fully saturated rings. The summed E-state index contributed by atoms with van der Waals surface area (Å²) < 4.78 is 0.898. The minimum Gasteiger partial charge on any atom is -0.370 e. The minimum atomic E-state index is -0.155. The number of pyridine rings is 1. The van der Waals surface area contributed by atoms with Crippen LogP contribution in [0.2, 0.25) is 0 Å². The van der Waals surface area contributed by atoms with Crippen molar-refractivity contribution in [2.45, 2.75) is 13.8 Å². The molecule has 0 saturated carbocycles. The second-order valence-corrected chi connectivity index (χ2v) is 5.14. The number of benzene rings is 1. The predicted octanol–water partition coefficient (Wildman–Crippen LogP) is 3.84. The third kappa shape index (κ3) is 3.36. The van der Waals surface area contributed by atoms with Gasteiger partial charge in [0.15, 0.2) is 0 Å². The number of amides is 1. The van der Waals surface area contributed by atoms with E-state index in [9.17, 15) is 4.79 Å². The number of aromatic nitrogens is 1. The molecule has 2 rings (SSSR count). The van der Waals surface area contributed by atoms with Crippen LogP contribution in [0.15, 0.2) is 41.0 Å². The summed E-state index contributed by atoms with van der Waals surface area (Å²) >= 11 is 3.48. The van der Waals surface area contributed by atoms with Gasteiger partial charge in [-0.2, -0.15) is 0 Å². The lowest BCUT2D eigenvalue weighted by Crippen LogP contribution is -2.13. The Balaban J connectivity index is 2.19. The summed E-state index contributed by atoms with van der Waals surface area (Å²) in [5.41, 5.74) is 2.41. The van der Waals surface area contributed by atoms with E-state index < -0.39 is 0 Å². The molecule has 4 nitrogen and oxygen atoms in total. The van der Waals surface area contributed by atoms with Crippen molar-refractivity contribution in [3.8, 4) is 0 Å². The van der Waals surface area contributed by atoms with E-state index in [0.717, 1.165) is 22.3 Å². The molecule has 0 spiro atoms. The molecule has 0 bridgehead atoms. The number of hydrogen-bond acceptors (Lipinski definition) is 3. The summed E-state index contributed by atoms with van der Waals surface area (Å²) in [7, 11) is 0. The van der Waals surface area contributed by atoms with Gasteiger partial charge >= 0.3 is 0 Å². The van der Waals surface area contributed by atoms with Crippen molar-refractivity contribution in [1.82, 2.24) is 4.98 Å². The van der Waals surface area contributed by atoms with E-state index in [1.165, 1.54) is 0 Å². The maximum atomic E-state index is 12.2. The summed E-state index contributed by atoms with van der Waals surface area (Å²) in [6, 6.07) is 9.19. The van der Waals surface area contributed by atoms with Crippen LogP contribution < -0.4 is 10.6 Å². The topological polar surface area (TPSA) is 54.0 Å². The number of rotatable bonds is 4. The lowest BCUT2D eigenvalue weighted by Gasteiger charge is -2.10. The van der Waals surface area contributed by atoms with Crippen LogP contribution >= 0.6 is 15.9 Å². The van der Waals surface area contributed by atoms with Crippen LogP contribution in [-0.2, 0) is 0 Å². The third-order valence-corrected chi connectivity index (χ3v) is 3.87. The highest BCUT2D eigenvalue weighted by Gasteiger charge is 2.10. The molecule has 20 heavy (non-hydrogen) atoms. The molecule has 104 valence electrons. The fourth-order valence-electron chi connectivity index (χ4n) is 1.79. The van der Waals surface area contributed by atoms with Crippen molar-refractivity contribution < 1.29 is 4.79 Å². The molecule has 2 aromatic rings. The van der Waals surface area contributed by atoms with Crippen LogP contribution in [0.3, 0.4) is 0 Å². The first kappa shape index (κ1) is 14.5. The molecule has 5 heteroatoms. The van der Waals surface area contributed by atoms with E-state index in [1.807, 2.05) is 32.0 Å². The van der Waals surface area contributed by atoms with Crippen molar-refractivity contribution in [3.63, 3.8) is 0 Å². The second-order valence-electron chi connectivity index (χ2n) is 4.35. The molecule has 0 radical (unpaired) electrons. The number of nitrogens with one attached hydrogen (secondary N) is 2. The molecular formula is C15H16BrN3O. The maximum Gasteiger partial charge on any atom is 0.255 e. The van der Waals surface area contributed by atoms with E-state index in [4.69, 9.17) is 0 Å². The first-order chi connectivity index (χ1) is 9.61. The van der Waals surface area contributed by atoms with Crippen LogP contribution in [0.4, 0.5) is 11.5 Å². The molecular weight excluding hydrogens is 318 g/mol. The van der Waals surface area contributed by atoms with Crippen LogP contribution in [0.5, 0.6) is 0 Å². The first-order valence-electron chi connectivity index (χ1n) is 6.38. The monoisotopic (exact) mass is 333 g/mol. The zero-order chi connectivity index (χ0) is 14.5. The molecule has 0 aliphatic carbocycles. The summed E-state index contributed by atoms with van der Waals surface area (Å²) in [6.45, 7) is 4.73. The molecule has 2 N–H and O–H groups in total. The summed E-state index contributed by atoms with van der Waals surface area (Å²) in [5, 5.41) is 5.98. The Morgan fingerprint density at radius 3 is 2.90 bits per heavy atom. The van der Waals surface area contributed by atoms with E-state index in [0.29, 0.717) is 11.4 Å². The lowest BCUT2D eigenvalue weighted by molar-refractivity contribution is 0.102. The minimum absolute atomic E-state index is 0.155. The van der Waals surface area contributed by atoms with Crippen molar-refractivity contribution >= 4 is 33.3 Å². The molecule has 0 saturated heterocycles. The van der Waals surface area contributed by atoms with Gasteiger partial charge < -0.3 is 10.6 Å².